The molecule has 0 aromatic heterocycles. The number of anilines is 1. The van der Waals surface area contributed by atoms with Crippen LogP contribution in [-0.4, -0.2) is 16.9 Å². The van der Waals surface area contributed by atoms with Crippen LogP contribution in [0.25, 0.3) is 0 Å². The molecule has 0 saturated heterocycles. The number of alkyl halides is 1. The zero-order valence-corrected chi connectivity index (χ0v) is 8.77. The Bertz CT molecular complexity index is 342. The van der Waals surface area contributed by atoms with Crippen molar-refractivity contribution >= 4 is 34.8 Å². The van der Waals surface area contributed by atoms with E-state index < -0.39 is 0 Å². The lowest BCUT2D eigenvalue weighted by Gasteiger charge is -2.09. The van der Waals surface area contributed by atoms with Gasteiger partial charge >= 0.3 is 0 Å². The van der Waals surface area contributed by atoms with E-state index in [2.05, 4.69) is 5.32 Å². The second-order valence-electron chi connectivity index (χ2n) is 2.61. The Hall–Kier alpha value is -0.770. The minimum Gasteiger partial charge on any atom is -0.392 e. The molecule has 0 aliphatic rings. The van der Waals surface area contributed by atoms with E-state index in [0.717, 1.165) is 0 Å². The quantitative estimate of drug-likeness (QED) is 0.786. The maximum atomic E-state index is 11.0. The number of nitrogens with one attached hydrogen (secondary N) is 1. The number of hydrogen-bond donors (Lipinski definition) is 2. The predicted molar refractivity (Wildman–Crippen MR) is 56.7 cm³/mol. The third-order valence-electron chi connectivity index (χ3n) is 1.66. The summed E-state index contributed by atoms with van der Waals surface area (Å²) in [6.45, 7) is -0.182. The average molecular weight is 234 g/mol. The first-order valence-electron chi connectivity index (χ1n) is 3.93. The fourth-order valence-corrected chi connectivity index (χ4v) is 1.32. The van der Waals surface area contributed by atoms with E-state index >= 15 is 0 Å². The van der Waals surface area contributed by atoms with Gasteiger partial charge in [0.2, 0.25) is 5.91 Å². The molecule has 1 aromatic rings. The van der Waals surface area contributed by atoms with Gasteiger partial charge in [0.1, 0.15) is 5.88 Å². The van der Waals surface area contributed by atoms with Gasteiger partial charge in [-0.1, -0.05) is 23.7 Å². The van der Waals surface area contributed by atoms with Gasteiger partial charge in [-0.05, 0) is 6.07 Å². The number of amides is 1. The van der Waals surface area contributed by atoms with Crippen molar-refractivity contribution in [3.05, 3.63) is 28.8 Å². The molecule has 1 amide bonds. The minimum absolute atomic E-state index is 0.143. The van der Waals surface area contributed by atoms with Gasteiger partial charge in [-0.2, -0.15) is 0 Å². The highest BCUT2D eigenvalue weighted by Gasteiger charge is 2.08. The molecule has 0 radical (unpaired) electrons. The Morgan fingerprint density at radius 3 is 2.79 bits per heavy atom. The molecular weight excluding hydrogens is 225 g/mol. The summed E-state index contributed by atoms with van der Waals surface area (Å²) in [5.41, 5.74) is 0.985. The molecule has 1 rings (SSSR count). The summed E-state index contributed by atoms with van der Waals surface area (Å²) in [6, 6.07) is 5.00. The Kier molecular flexibility index (Phi) is 4.20. The van der Waals surface area contributed by atoms with Crippen molar-refractivity contribution in [2.75, 3.05) is 11.2 Å². The molecule has 3 nitrogen and oxygen atoms in total. The third kappa shape index (κ3) is 2.61. The van der Waals surface area contributed by atoms with Crippen LogP contribution in [0.1, 0.15) is 5.56 Å². The highest BCUT2D eigenvalue weighted by atomic mass is 35.5. The van der Waals surface area contributed by atoms with E-state index in [9.17, 15) is 4.79 Å². The molecule has 0 spiro atoms. The van der Waals surface area contributed by atoms with Crippen molar-refractivity contribution in [3.63, 3.8) is 0 Å². The molecule has 5 heteroatoms. The Labute approximate surface area is 91.6 Å². The van der Waals surface area contributed by atoms with E-state index in [1.807, 2.05) is 0 Å². The van der Waals surface area contributed by atoms with Crippen molar-refractivity contribution in [1.29, 1.82) is 0 Å². The van der Waals surface area contributed by atoms with Gasteiger partial charge in [-0.15, -0.1) is 11.6 Å². The van der Waals surface area contributed by atoms with Crippen LogP contribution in [0.2, 0.25) is 5.02 Å². The normalized spacial score (nSPS) is 9.93. The summed E-state index contributed by atoms with van der Waals surface area (Å²) in [5, 5.41) is 11.9. The summed E-state index contributed by atoms with van der Waals surface area (Å²) in [4.78, 5) is 11.0. The first-order valence-corrected chi connectivity index (χ1v) is 4.84. The van der Waals surface area contributed by atoms with Gasteiger partial charge in [0.25, 0.3) is 0 Å². The van der Waals surface area contributed by atoms with Crippen molar-refractivity contribution in [3.8, 4) is 0 Å². The topological polar surface area (TPSA) is 49.3 Å². The number of aliphatic hydroxyl groups excluding tert-OH is 1. The summed E-state index contributed by atoms with van der Waals surface area (Å²) in [5.74, 6) is -0.495. The number of para-hydroxylation sites is 1. The Morgan fingerprint density at radius 2 is 2.21 bits per heavy atom. The van der Waals surface area contributed by atoms with Crippen molar-refractivity contribution in [1.82, 2.24) is 0 Å². The largest absolute Gasteiger partial charge is 0.392 e. The van der Waals surface area contributed by atoms with Crippen LogP contribution < -0.4 is 5.32 Å². The summed E-state index contributed by atoms with van der Waals surface area (Å²) in [6.07, 6.45) is 0. The second-order valence-corrected chi connectivity index (χ2v) is 3.29. The van der Waals surface area contributed by atoms with Crippen LogP contribution >= 0.6 is 23.2 Å². The lowest BCUT2D eigenvalue weighted by Crippen LogP contribution is -2.14. The molecule has 14 heavy (non-hydrogen) atoms. The predicted octanol–water partition coefficient (Wildman–Crippen LogP) is 2.01. The van der Waals surface area contributed by atoms with Crippen molar-refractivity contribution < 1.29 is 9.90 Å². The Morgan fingerprint density at radius 1 is 1.50 bits per heavy atom. The SMILES string of the molecule is O=C(CCl)Nc1c(Cl)cccc1CO. The van der Waals surface area contributed by atoms with Gasteiger partial charge in [-0.25, -0.2) is 0 Å². The summed E-state index contributed by atoms with van der Waals surface area (Å²) in [7, 11) is 0. The maximum absolute atomic E-state index is 11.0. The zero-order valence-electron chi connectivity index (χ0n) is 7.26. The molecule has 1 aromatic carbocycles. The van der Waals surface area contributed by atoms with Crippen LogP contribution in [0, 0.1) is 0 Å². The smallest absolute Gasteiger partial charge is 0.239 e. The number of halogens is 2. The molecule has 2 N–H and O–H groups in total. The standard InChI is InChI=1S/C9H9Cl2NO2/c10-4-8(14)12-9-6(5-13)2-1-3-7(9)11/h1-3,13H,4-5H2,(H,12,14). The molecule has 0 bridgehead atoms. The molecule has 0 unspecified atom stereocenters. The van der Waals surface area contributed by atoms with Crippen LogP contribution in [-0.2, 0) is 11.4 Å². The highest BCUT2D eigenvalue weighted by Crippen LogP contribution is 2.25. The van der Waals surface area contributed by atoms with Gasteiger partial charge < -0.3 is 10.4 Å². The lowest BCUT2D eigenvalue weighted by molar-refractivity contribution is -0.113. The molecular formula is C9H9Cl2NO2. The third-order valence-corrected chi connectivity index (χ3v) is 2.21. The van der Waals surface area contributed by atoms with E-state index in [-0.39, 0.29) is 18.4 Å². The molecule has 0 aliphatic heterocycles. The van der Waals surface area contributed by atoms with Gasteiger partial charge in [0.15, 0.2) is 0 Å². The minimum atomic E-state index is -0.352. The van der Waals surface area contributed by atoms with Gasteiger partial charge in [-0.3, -0.25) is 4.79 Å². The molecule has 0 saturated carbocycles. The lowest BCUT2D eigenvalue weighted by atomic mass is 10.2. The van der Waals surface area contributed by atoms with E-state index in [0.29, 0.717) is 16.3 Å². The fourth-order valence-electron chi connectivity index (χ4n) is 1.01. The number of hydrogen-bond acceptors (Lipinski definition) is 2. The monoisotopic (exact) mass is 233 g/mol. The van der Waals surface area contributed by atoms with Crippen LogP contribution in [0.3, 0.4) is 0 Å². The summed E-state index contributed by atoms with van der Waals surface area (Å²) >= 11 is 11.2. The molecule has 0 heterocycles. The van der Waals surface area contributed by atoms with Crippen LogP contribution in [0.5, 0.6) is 0 Å². The van der Waals surface area contributed by atoms with Crippen molar-refractivity contribution in [2.24, 2.45) is 0 Å². The number of benzene rings is 1. The maximum Gasteiger partial charge on any atom is 0.239 e. The van der Waals surface area contributed by atoms with Gasteiger partial charge in [0, 0.05) is 5.56 Å². The van der Waals surface area contributed by atoms with Gasteiger partial charge in [0.05, 0.1) is 17.3 Å². The van der Waals surface area contributed by atoms with E-state index in [1.54, 1.807) is 18.2 Å². The molecule has 76 valence electrons. The molecule has 0 fully saturated rings. The zero-order chi connectivity index (χ0) is 10.6. The highest BCUT2D eigenvalue weighted by molar-refractivity contribution is 6.35. The molecule has 0 atom stereocenters. The van der Waals surface area contributed by atoms with Crippen molar-refractivity contribution in [2.45, 2.75) is 6.61 Å². The number of carbonyl (C=O) groups is 1. The van der Waals surface area contributed by atoms with Crippen LogP contribution in [0.4, 0.5) is 5.69 Å². The Balaban J connectivity index is 2.98. The summed E-state index contributed by atoms with van der Waals surface area (Å²) < 4.78 is 0. The fraction of sp³-hybridized carbons (Fsp3) is 0.222. The number of carbonyl (C=O) groups excluding carboxylic acids is 1. The van der Waals surface area contributed by atoms with E-state index in [4.69, 9.17) is 28.3 Å². The number of aliphatic hydroxyl groups is 1. The first-order chi connectivity index (χ1) is 6.69. The first kappa shape index (κ1) is 11.3. The van der Waals surface area contributed by atoms with E-state index in [1.165, 1.54) is 0 Å². The second kappa shape index (κ2) is 5.20. The number of rotatable bonds is 3. The average Bonchev–Trinajstić information content (AvgIpc) is 2.20. The molecule has 0 aliphatic carbocycles. The van der Waals surface area contributed by atoms with Crippen LogP contribution in [0.15, 0.2) is 18.2 Å².